The van der Waals surface area contributed by atoms with Crippen LogP contribution in [0.3, 0.4) is 0 Å². The number of aryl methyl sites for hydroxylation is 1. The van der Waals surface area contributed by atoms with Gasteiger partial charge in [0.1, 0.15) is 0 Å². The Kier molecular flexibility index (Phi) is 3.81. The second-order valence-corrected chi connectivity index (χ2v) is 4.53. The standard InChI is InChI=1S/C9H12N6O3S/c1-14-6-5(7(17)15(2)9(14)18)10-8(11-6)12-13-19-4-3-16/h16H,3-4H2,1-2H3,(H,10,11)/b13-12+. The summed E-state index contributed by atoms with van der Waals surface area (Å²) < 4.78 is 5.97. The molecule has 0 aromatic carbocycles. The summed E-state index contributed by atoms with van der Waals surface area (Å²) in [6.45, 7) is -0.00113. The van der Waals surface area contributed by atoms with Gasteiger partial charge in [0.25, 0.3) is 5.56 Å². The zero-order chi connectivity index (χ0) is 14.0. The average molecular weight is 284 g/mol. The van der Waals surface area contributed by atoms with Crippen LogP contribution in [0, 0.1) is 0 Å². The van der Waals surface area contributed by atoms with Gasteiger partial charge >= 0.3 is 5.69 Å². The molecular weight excluding hydrogens is 272 g/mol. The van der Waals surface area contributed by atoms with E-state index in [4.69, 9.17) is 5.11 Å². The molecule has 0 amide bonds. The lowest BCUT2D eigenvalue weighted by Crippen LogP contribution is -2.36. The van der Waals surface area contributed by atoms with Gasteiger partial charge in [0.15, 0.2) is 11.2 Å². The number of hydrogen-bond acceptors (Lipinski definition) is 7. The molecule has 9 nitrogen and oxygen atoms in total. The highest BCUT2D eigenvalue weighted by Crippen LogP contribution is 2.14. The lowest BCUT2D eigenvalue weighted by Gasteiger charge is -2.00. The van der Waals surface area contributed by atoms with Crippen molar-refractivity contribution in [2.75, 3.05) is 12.4 Å². The number of H-pyrrole nitrogens is 1. The van der Waals surface area contributed by atoms with E-state index in [2.05, 4.69) is 19.6 Å². The fourth-order valence-corrected chi connectivity index (χ4v) is 1.81. The first-order valence-corrected chi connectivity index (χ1v) is 6.30. The lowest BCUT2D eigenvalue weighted by molar-refractivity contribution is 0.322. The van der Waals surface area contributed by atoms with Crippen LogP contribution < -0.4 is 11.2 Å². The Hall–Kier alpha value is -1.94. The van der Waals surface area contributed by atoms with Crippen molar-refractivity contribution in [3.05, 3.63) is 20.8 Å². The summed E-state index contributed by atoms with van der Waals surface area (Å²) >= 11 is 1.07. The number of aliphatic hydroxyl groups is 1. The molecule has 10 heteroatoms. The predicted molar refractivity (Wildman–Crippen MR) is 70.6 cm³/mol. The lowest BCUT2D eigenvalue weighted by atomic mass is 10.5. The normalized spacial score (nSPS) is 11.7. The maximum atomic E-state index is 11.9. The quantitative estimate of drug-likeness (QED) is 0.453. The van der Waals surface area contributed by atoms with Crippen LogP contribution in [0.2, 0.25) is 0 Å². The van der Waals surface area contributed by atoms with E-state index in [1.54, 1.807) is 0 Å². The Labute approximate surface area is 111 Å². The number of hydrogen-bond donors (Lipinski definition) is 2. The highest BCUT2D eigenvalue weighted by Gasteiger charge is 2.12. The van der Waals surface area contributed by atoms with Crippen LogP contribution in [0.25, 0.3) is 11.2 Å². The molecule has 2 N–H and O–H groups in total. The highest BCUT2D eigenvalue weighted by atomic mass is 32.2. The Bertz CT molecular complexity index is 743. The molecule has 0 aliphatic carbocycles. The first-order chi connectivity index (χ1) is 9.06. The van der Waals surface area contributed by atoms with E-state index in [9.17, 15) is 9.59 Å². The van der Waals surface area contributed by atoms with Crippen LogP contribution in [0.4, 0.5) is 5.95 Å². The van der Waals surface area contributed by atoms with Crippen molar-refractivity contribution < 1.29 is 5.11 Å². The van der Waals surface area contributed by atoms with Crippen molar-refractivity contribution >= 4 is 29.1 Å². The summed E-state index contributed by atoms with van der Waals surface area (Å²) in [6.07, 6.45) is 0. The third-order valence-corrected chi connectivity index (χ3v) is 3.02. The van der Waals surface area contributed by atoms with Crippen molar-refractivity contribution in [3.8, 4) is 0 Å². The molecule has 0 saturated carbocycles. The molecule has 19 heavy (non-hydrogen) atoms. The van der Waals surface area contributed by atoms with Gasteiger partial charge in [0.05, 0.1) is 6.61 Å². The molecule has 2 aromatic heterocycles. The number of fused-ring (bicyclic) bond motifs is 1. The van der Waals surface area contributed by atoms with Crippen LogP contribution >= 0.6 is 11.9 Å². The second-order valence-electron chi connectivity index (χ2n) is 3.70. The first-order valence-electron chi connectivity index (χ1n) is 5.36. The van der Waals surface area contributed by atoms with Crippen molar-refractivity contribution in [3.63, 3.8) is 0 Å². The third-order valence-electron chi connectivity index (χ3n) is 2.46. The molecule has 0 atom stereocenters. The van der Waals surface area contributed by atoms with Gasteiger partial charge in [-0.25, -0.2) is 4.79 Å². The van der Waals surface area contributed by atoms with E-state index < -0.39 is 11.2 Å². The third kappa shape index (κ3) is 2.44. The van der Waals surface area contributed by atoms with Gasteiger partial charge in [0.2, 0.25) is 5.95 Å². The number of rotatable bonds is 4. The molecule has 0 bridgehead atoms. The zero-order valence-corrected chi connectivity index (χ0v) is 11.1. The van der Waals surface area contributed by atoms with Gasteiger partial charge in [-0.2, -0.15) is 4.98 Å². The van der Waals surface area contributed by atoms with Crippen molar-refractivity contribution in [1.29, 1.82) is 0 Å². The summed E-state index contributed by atoms with van der Waals surface area (Å²) in [6, 6.07) is 0. The number of imidazole rings is 1. The monoisotopic (exact) mass is 284 g/mol. The second kappa shape index (κ2) is 5.36. The smallest absolute Gasteiger partial charge is 0.332 e. The number of aromatic amines is 1. The fourth-order valence-electron chi connectivity index (χ4n) is 1.51. The summed E-state index contributed by atoms with van der Waals surface area (Å²) in [7, 11) is 2.91. The summed E-state index contributed by atoms with van der Waals surface area (Å²) in [5.41, 5.74) is -0.489. The molecule has 0 fully saturated rings. The van der Waals surface area contributed by atoms with E-state index in [-0.39, 0.29) is 23.7 Å². The number of aromatic nitrogens is 4. The summed E-state index contributed by atoms with van der Waals surface area (Å²) in [5.74, 6) is 0.558. The Morgan fingerprint density at radius 1 is 1.37 bits per heavy atom. The fraction of sp³-hybridized carbons (Fsp3) is 0.444. The molecule has 0 spiro atoms. The van der Waals surface area contributed by atoms with Gasteiger partial charge < -0.3 is 10.1 Å². The predicted octanol–water partition coefficient (Wildman–Crippen LogP) is -0.316. The SMILES string of the molecule is Cn1c(=O)c2[nH]c(/N=N/SCCO)nc2n(C)c1=O. The Balaban J connectivity index is 2.49. The molecule has 2 aromatic rings. The minimum Gasteiger partial charge on any atom is -0.395 e. The van der Waals surface area contributed by atoms with Crippen molar-refractivity contribution in [1.82, 2.24) is 19.1 Å². The average Bonchev–Trinajstić information content (AvgIpc) is 2.83. The highest BCUT2D eigenvalue weighted by molar-refractivity contribution is 7.97. The van der Waals surface area contributed by atoms with E-state index in [1.165, 1.54) is 18.7 Å². The molecule has 0 saturated heterocycles. The van der Waals surface area contributed by atoms with E-state index in [0.29, 0.717) is 5.75 Å². The molecular formula is C9H12N6O3S. The van der Waals surface area contributed by atoms with Gasteiger partial charge in [-0.15, -0.1) is 9.63 Å². The molecule has 102 valence electrons. The number of aliphatic hydroxyl groups excluding tert-OH is 1. The summed E-state index contributed by atoms with van der Waals surface area (Å²) in [4.78, 5) is 30.3. The van der Waals surface area contributed by atoms with Crippen molar-refractivity contribution in [2.45, 2.75) is 0 Å². The molecule has 0 aliphatic heterocycles. The largest absolute Gasteiger partial charge is 0.395 e. The molecule has 0 radical (unpaired) electrons. The minimum absolute atomic E-state index is 0.00113. The number of nitrogens with one attached hydrogen (secondary N) is 1. The zero-order valence-electron chi connectivity index (χ0n) is 10.3. The van der Waals surface area contributed by atoms with Gasteiger partial charge in [-0.3, -0.25) is 13.9 Å². The van der Waals surface area contributed by atoms with Crippen LogP contribution in [0.15, 0.2) is 19.2 Å². The van der Waals surface area contributed by atoms with E-state index in [1.807, 2.05) is 0 Å². The van der Waals surface area contributed by atoms with Gasteiger partial charge in [-0.05, 0) is 0 Å². The number of nitrogens with zero attached hydrogens (tertiary/aromatic N) is 5. The van der Waals surface area contributed by atoms with Crippen LogP contribution in [-0.2, 0) is 14.1 Å². The maximum Gasteiger partial charge on any atom is 0.332 e. The minimum atomic E-state index is -0.463. The molecule has 0 aliphatic rings. The Morgan fingerprint density at radius 2 is 2.11 bits per heavy atom. The van der Waals surface area contributed by atoms with E-state index >= 15 is 0 Å². The van der Waals surface area contributed by atoms with Crippen LogP contribution in [-0.4, -0.2) is 36.6 Å². The molecule has 2 heterocycles. The van der Waals surface area contributed by atoms with E-state index in [0.717, 1.165) is 16.5 Å². The van der Waals surface area contributed by atoms with Crippen molar-refractivity contribution in [2.24, 2.45) is 23.7 Å². The first kappa shape index (κ1) is 13.5. The molecule has 0 unspecified atom stereocenters. The van der Waals surface area contributed by atoms with Crippen LogP contribution in [0.1, 0.15) is 0 Å². The van der Waals surface area contributed by atoms with Gasteiger partial charge in [0, 0.05) is 31.8 Å². The van der Waals surface area contributed by atoms with Crippen LogP contribution in [0.5, 0.6) is 0 Å². The topological polar surface area (TPSA) is 118 Å². The summed E-state index contributed by atoms with van der Waals surface area (Å²) in [5, 5.41) is 12.4. The Morgan fingerprint density at radius 3 is 2.79 bits per heavy atom. The molecule has 2 rings (SSSR count). The maximum absolute atomic E-state index is 11.9. The van der Waals surface area contributed by atoms with Gasteiger partial charge in [-0.1, -0.05) is 0 Å².